The first kappa shape index (κ1) is 15.9. The summed E-state index contributed by atoms with van der Waals surface area (Å²) in [5.41, 5.74) is 0.749. The summed E-state index contributed by atoms with van der Waals surface area (Å²) in [6.45, 7) is 0.338. The molecule has 2 heterocycles. The summed E-state index contributed by atoms with van der Waals surface area (Å²) in [7, 11) is 1.58. The van der Waals surface area contributed by atoms with Gasteiger partial charge in [-0.3, -0.25) is 14.4 Å². The van der Waals surface area contributed by atoms with Gasteiger partial charge in [-0.25, -0.2) is 0 Å². The van der Waals surface area contributed by atoms with Crippen molar-refractivity contribution in [2.45, 2.75) is 18.9 Å². The first-order chi connectivity index (χ1) is 11.1. The fourth-order valence-electron chi connectivity index (χ4n) is 2.81. The van der Waals surface area contributed by atoms with Crippen LogP contribution in [0, 0.1) is 5.92 Å². The minimum Gasteiger partial charge on any atom is -0.497 e. The molecule has 1 aromatic rings. The van der Waals surface area contributed by atoms with Crippen LogP contribution >= 0.6 is 11.8 Å². The van der Waals surface area contributed by atoms with Crippen LogP contribution in [-0.2, 0) is 14.4 Å². The van der Waals surface area contributed by atoms with Crippen molar-refractivity contribution in [1.29, 1.82) is 0 Å². The number of thioether (sulfide) groups is 1. The third-order valence-corrected chi connectivity index (χ3v) is 5.14. The van der Waals surface area contributed by atoms with Gasteiger partial charge in [0.15, 0.2) is 0 Å². The Balaban J connectivity index is 1.64. The molecule has 0 bridgehead atoms. The molecule has 0 aliphatic carbocycles. The molecular formula is C16H18N2O4S. The second-order valence-corrected chi connectivity index (χ2v) is 6.72. The van der Waals surface area contributed by atoms with E-state index in [0.717, 1.165) is 11.4 Å². The maximum atomic E-state index is 12.3. The lowest BCUT2D eigenvalue weighted by molar-refractivity contribution is -0.128. The lowest BCUT2D eigenvalue weighted by atomic mass is 10.1. The zero-order valence-corrected chi connectivity index (χ0v) is 13.6. The number of carbonyl (C=O) groups is 3. The SMILES string of the molecule is COc1ccc(N2C[C@@H](C(=O)N[C@@H]3CCSC3=O)CC2=O)cc1. The van der Waals surface area contributed by atoms with Crippen LogP contribution in [0.25, 0.3) is 0 Å². The molecule has 3 rings (SSSR count). The second-order valence-electron chi connectivity index (χ2n) is 5.62. The summed E-state index contributed by atoms with van der Waals surface area (Å²) < 4.78 is 5.10. The molecular weight excluding hydrogens is 316 g/mol. The number of nitrogens with zero attached hydrogens (tertiary/aromatic N) is 1. The van der Waals surface area contributed by atoms with E-state index in [-0.39, 0.29) is 23.4 Å². The van der Waals surface area contributed by atoms with E-state index in [4.69, 9.17) is 4.74 Å². The number of amides is 2. The minimum absolute atomic E-state index is 0.00897. The van der Waals surface area contributed by atoms with E-state index in [1.54, 1.807) is 36.3 Å². The van der Waals surface area contributed by atoms with E-state index in [1.807, 2.05) is 0 Å². The zero-order chi connectivity index (χ0) is 16.4. The average Bonchev–Trinajstić information content (AvgIpc) is 3.14. The highest BCUT2D eigenvalue weighted by Crippen LogP contribution is 2.27. The maximum absolute atomic E-state index is 12.3. The van der Waals surface area contributed by atoms with Gasteiger partial charge >= 0.3 is 0 Å². The number of benzene rings is 1. The molecule has 1 N–H and O–H groups in total. The van der Waals surface area contributed by atoms with Crippen molar-refractivity contribution in [3.63, 3.8) is 0 Å². The van der Waals surface area contributed by atoms with Crippen LogP contribution in [-0.4, -0.2) is 42.4 Å². The first-order valence-corrected chi connectivity index (χ1v) is 8.48. The molecule has 2 aliphatic heterocycles. The number of anilines is 1. The van der Waals surface area contributed by atoms with E-state index >= 15 is 0 Å². The van der Waals surface area contributed by atoms with Gasteiger partial charge in [0, 0.05) is 24.4 Å². The number of hydrogen-bond acceptors (Lipinski definition) is 5. The molecule has 2 fully saturated rings. The standard InChI is InChI=1S/C16H18N2O4S/c1-22-12-4-2-11(3-5-12)18-9-10(8-14(18)19)15(20)17-13-6-7-23-16(13)21/h2-5,10,13H,6-9H2,1H3,(H,17,20)/t10-,13+/m0/s1. The Morgan fingerprint density at radius 2 is 2.04 bits per heavy atom. The summed E-state index contributed by atoms with van der Waals surface area (Å²) in [5.74, 6) is 0.748. The second kappa shape index (κ2) is 6.62. The van der Waals surface area contributed by atoms with Crippen molar-refractivity contribution in [1.82, 2.24) is 5.32 Å². The highest BCUT2D eigenvalue weighted by atomic mass is 32.2. The topological polar surface area (TPSA) is 75.7 Å². The minimum atomic E-state index is -0.414. The van der Waals surface area contributed by atoms with Gasteiger partial charge in [-0.15, -0.1) is 0 Å². The van der Waals surface area contributed by atoms with Gasteiger partial charge in [-0.2, -0.15) is 0 Å². The van der Waals surface area contributed by atoms with Crippen LogP contribution in [0.4, 0.5) is 5.69 Å². The Kier molecular flexibility index (Phi) is 4.56. The molecule has 2 amide bonds. The van der Waals surface area contributed by atoms with E-state index in [0.29, 0.717) is 18.7 Å². The van der Waals surface area contributed by atoms with Crippen molar-refractivity contribution in [3.8, 4) is 5.75 Å². The molecule has 0 unspecified atom stereocenters. The van der Waals surface area contributed by atoms with E-state index in [1.165, 1.54) is 11.8 Å². The van der Waals surface area contributed by atoms with Gasteiger partial charge in [-0.05, 0) is 30.7 Å². The molecule has 122 valence electrons. The maximum Gasteiger partial charge on any atom is 0.227 e. The molecule has 7 heteroatoms. The van der Waals surface area contributed by atoms with Crippen molar-refractivity contribution in [3.05, 3.63) is 24.3 Å². The van der Waals surface area contributed by atoms with Crippen LogP contribution in [0.3, 0.4) is 0 Å². The van der Waals surface area contributed by atoms with E-state index in [2.05, 4.69) is 5.32 Å². The molecule has 0 aromatic heterocycles. The van der Waals surface area contributed by atoms with Crippen molar-refractivity contribution in [2.75, 3.05) is 24.3 Å². The Labute approximate surface area is 138 Å². The lowest BCUT2D eigenvalue weighted by Gasteiger charge is -2.18. The molecule has 1 aromatic carbocycles. The number of rotatable bonds is 4. The van der Waals surface area contributed by atoms with E-state index in [9.17, 15) is 14.4 Å². The average molecular weight is 334 g/mol. The molecule has 0 radical (unpaired) electrons. The normalized spacial score (nSPS) is 24.1. The summed E-state index contributed by atoms with van der Waals surface area (Å²) >= 11 is 1.25. The molecule has 6 nitrogen and oxygen atoms in total. The Bertz CT molecular complexity index is 631. The smallest absolute Gasteiger partial charge is 0.227 e. The highest BCUT2D eigenvalue weighted by Gasteiger charge is 2.37. The monoisotopic (exact) mass is 334 g/mol. The Morgan fingerprint density at radius 1 is 1.30 bits per heavy atom. The molecule has 2 saturated heterocycles. The summed E-state index contributed by atoms with van der Waals surface area (Å²) in [6.07, 6.45) is 0.837. The van der Waals surface area contributed by atoms with Crippen molar-refractivity contribution in [2.24, 2.45) is 5.92 Å². The van der Waals surface area contributed by atoms with Crippen molar-refractivity contribution >= 4 is 34.4 Å². The predicted molar refractivity (Wildman–Crippen MR) is 87.5 cm³/mol. The summed E-state index contributed by atoms with van der Waals surface area (Å²) in [4.78, 5) is 37.7. The number of methoxy groups -OCH3 is 1. The molecule has 23 heavy (non-hydrogen) atoms. The quantitative estimate of drug-likeness (QED) is 0.895. The number of hydrogen-bond donors (Lipinski definition) is 1. The van der Waals surface area contributed by atoms with E-state index < -0.39 is 12.0 Å². The van der Waals surface area contributed by atoms with Crippen LogP contribution < -0.4 is 15.0 Å². The summed E-state index contributed by atoms with van der Waals surface area (Å²) in [6, 6.07) is 6.76. The fourth-order valence-corrected chi connectivity index (χ4v) is 3.74. The Morgan fingerprint density at radius 3 is 2.65 bits per heavy atom. The number of carbonyl (C=O) groups excluding carboxylic acids is 3. The van der Waals surface area contributed by atoms with Gasteiger partial charge < -0.3 is 15.0 Å². The van der Waals surface area contributed by atoms with Gasteiger partial charge in [0.05, 0.1) is 19.1 Å². The largest absolute Gasteiger partial charge is 0.497 e. The van der Waals surface area contributed by atoms with Gasteiger partial charge in [0.25, 0.3) is 0 Å². The highest BCUT2D eigenvalue weighted by molar-refractivity contribution is 8.14. The fraction of sp³-hybridized carbons (Fsp3) is 0.438. The summed E-state index contributed by atoms with van der Waals surface area (Å²) in [5, 5.41) is 2.78. The predicted octanol–water partition coefficient (Wildman–Crippen LogP) is 1.20. The van der Waals surface area contributed by atoms with Crippen LogP contribution in [0.1, 0.15) is 12.8 Å². The van der Waals surface area contributed by atoms with Crippen LogP contribution in [0.5, 0.6) is 5.75 Å². The third-order valence-electron chi connectivity index (χ3n) is 4.13. The molecule has 2 atom stereocenters. The van der Waals surface area contributed by atoms with Gasteiger partial charge in [-0.1, -0.05) is 11.8 Å². The lowest BCUT2D eigenvalue weighted by Crippen LogP contribution is -2.41. The molecule has 0 saturated carbocycles. The van der Waals surface area contributed by atoms with Gasteiger partial charge in [0.2, 0.25) is 16.9 Å². The first-order valence-electron chi connectivity index (χ1n) is 7.50. The third kappa shape index (κ3) is 3.34. The van der Waals surface area contributed by atoms with Crippen molar-refractivity contribution < 1.29 is 19.1 Å². The van der Waals surface area contributed by atoms with Crippen LogP contribution in [0.15, 0.2) is 24.3 Å². The molecule has 2 aliphatic rings. The zero-order valence-electron chi connectivity index (χ0n) is 12.8. The number of ether oxygens (including phenoxy) is 1. The van der Waals surface area contributed by atoms with Crippen LogP contribution in [0.2, 0.25) is 0 Å². The Hall–Kier alpha value is -2.02. The molecule has 0 spiro atoms. The van der Waals surface area contributed by atoms with Gasteiger partial charge in [0.1, 0.15) is 5.75 Å². The number of nitrogens with one attached hydrogen (secondary N) is 1.